The number of amides is 5. The zero-order chi connectivity index (χ0) is 27.0. The molecule has 196 valence electrons. The Hall–Kier alpha value is -4.20. The van der Waals surface area contributed by atoms with Gasteiger partial charge in [-0.25, -0.2) is 4.79 Å². The summed E-state index contributed by atoms with van der Waals surface area (Å²) in [7, 11) is 0. The van der Waals surface area contributed by atoms with Gasteiger partial charge in [0.2, 0.25) is 29.5 Å². The number of nitrogens with zero attached hydrogens (tertiary/aromatic N) is 1. The van der Waals surface area contributed by atoms with Crippen LogP contribution in [0.3, 0.4) is 0 Å². The van der Waals surface area contributed by atoms with Crippen LogP contribution in [0.25, 0.3) is 0 Å². The van der Waals surface area contributed by atoms with Gasteiger partial charge in [-0.15, -0.1) is 0 Å². The maximum Gasteiger partial charge on any atom is 0.326 e. The number of hydrogen-bond donors (Lipinski definition) is 7. The fourth-order valence-electron chi connectivity index (χ4n) is 3.83. The third-order valence-electron chi connectivity index (χ3n) is 5.61. The second-order valence-corrected chi connectivity index (χ2v) is 8.47. The van der Waals surface area contributed by atoms with Crippen molar-refractivity contribution >= 4 is 35.5 Å². The molecule has 14 heteroatoms. The Balaban J connectivity index is 2.13. The predicted molar refractivity (Wildman–Crippen MR) is 124 cm³/mol. The number of aliphatic carboxylic acids is 1. The molecule has 1 aromatic carbocycles. The summed E-state index contributed by atoms with van der Waals surface area (Å²) in [4.78, 5) is 73.8. The lowest BCUT2D eigenvalue weighted by Gasteiger charge is -2.29. The molecule has 0 aliphatic carbocycles. The molecule has 0 aromatic heterocycles. The molecule has 36 heavy (non-hydrogen) atoms. The van der Waals surface area contributed by atoms with Crippen LogP contribution in [0, 0.1) is 0 Å². The van der Waals surface area contributed by atoms with E-state index in [1.807, 2.05) is 0 Å². The summed E-state index contributed by atoms with van der Waals surface area (Å²) in [5.74, 6) is -5.45. The van der Waals surface area contributed by atoms with Gasteiger partial charge in [-0.1, -0.05) is 12.1 Å². The highest BCUT2D eigenvalue weighted by molar-refractivity contribution is 5.97. The normalized spacial score (nSPS) is 17.5. The summed E-state index contributed by atoms with van der Waals surface area (Å²) < 4.78 is 0. The van der Waals surface area contributed by atoms with Crippen LogP contribution in [0.1, 0.15) is 31.2 Å². The second kappa shape index (κ2) is 12.5. The van der Waals surface area contributed by atoms with Gasteiger partial charge in [-0.2, -0.15) is 0 Å². The molecule has 0 radical (unpaired) electrons. The average molecular weight is 507 g/mol. The smallest absolute Gasteiger partial charge is 0.326 e. The molecule has 10 N–H and O–H groups in total. The van der Waals surface area contributed by atoms with Crippen molar-refractivity contribution in [1.29, 1.82) is 0 Å². The van der Waals surface area contributed by atoms with Gasteiger partial charge in [-0.3, -0.25) is 24.0 Å². The van der Waals surface area contributed by atoms with Crippen LogP contribution in [-0.4, -0.2) is 81.3 Å². The molecule has 1 heterocycles. The molecule has 1 aliphatic rings. The Morgan fingerprint density at radius 1 is 0.972 bits per heavy atom. The van der Waals surface area contributed by atoms with Crippen molar-refractivity contribution in [3.63, 3.8) is 0 Å². The summed E-state index contributed by atoms with van der Waals surface area (Å²) >= 11 is 0. The maximum absolute atomic E-state index is 13.2. The van der Waals surface area contributed by atoms with E-state index in [0.29, 0.717) is 12.0 Å². The molecule has 4 atom stereocenters. The van der Waals surface area contributed by atoms with Gasteiger partial charge in [0.25, 0.3) is 0 Å². The number of nitrogens with one attached hydrogen (secondary N) is 2. The molecular weight excluding hydrogens is 476 g/mol. The lowest BCUT2D eigenvalue weighted by molar-refractivity contribution is -0.145. The molecular formula is C22H30N6O8. The number of phenolic OH excluding ortho intramolecular Hbond substituents is 1. The fourth-order valence-corrected chi connectivity index (χ4v) is 3.83. The number of aromatic hydroxyl groups is 1. The number of carbonyl (C=O) groups is 6. The number of carboxylic acids is 1. The van der Waals surface area contributed by atoms with Crippen LogP contribution in [0.4, 0.5) is 0 Å². The molecule has 1 saturated heterocycles. The lowest BCUT2D eigenvalue weighted by Crippen LogP contribution is -2.57. The molecule has 2 rings (SSSR count). The SMILES string of the molecule is NC(=O)CC(N)C(=O)NC(CC(N)=O)C(=O)N1CCCC1C(=O)NC(Cc1ccc(O)cc1)C(=O)O. The number of hydrogen-bond acceptors (Lipinski definition) is 8. The second-order valence-electron chi connectivity index (χ2n) is 8.47. The number of nitrogens with two attached hydrogens (primary N) is 3. The monoisotopic (exact) mass is 506 g/mol. The zero-order valence-corrected chi connectivity index (χ0v) is 19.4. The highest BCUT2D eigenvalue weighted by atomic mass is 16.4. The molecule has 1 aliphatic heterocycles. The van der Waals surface area contributed by atoms with E-state index in [1.54, 1.807) is 0 Å². The highest BCUT2D eigenvalue weighted by Gasteiger charge is 2.39. The van der Waals surface area contributed by atoms with Crippen molar-refractivity contribution in [3.8, 4) is 5.75 Å². The first-order valence-electron chi connectivity index (χ1n) is 11.1. The highest BCUT2D eigenvalue weighted by Crippen LogP contribution is 2.20. The Kier molecular flexibility index (Phi) is 9.73. The predicted octanol–water partition coefficient (Wildman–Crippen LogP) is -2.94. The van der Waals surface area contributed by atoms with E-state index in [4.69, 9.17) is 17.2 Å². The molecule has 1 fully saturated rings. The average Bonchev–Trinajstić information content (AvgIpc) is 3.28. The molecule has 4 unspecified atom stereocenters. The summed E-state index contributed by atoms with van der Waals surface area (Å²) in [5, 5.41) is 23.7. The van der Waals surface area contributed by atoms with E-state index in [9.17, 15) is 39.0 Å². The van der Waals surface area contributed by atoms with E-state index in [2.05, 4.69) is 10.6 Å². The Morgan fingerprint density at radius 3 is 2.14 bits per heavy atom. The van der Waals surface area contributed by atoms with Crippen molar-refractivity contribution in [3.05, 3.63) is 29.8 Å². The first kappa shape index (κ1) is 28.0. The molecule has 0 spiro atoms. The molecule has 14 nitrogen and oxygen atoms in total. The van der Waals surface area contributed by atoms with Gasteiger partial charge in [0, 0.05) is 13.0 Å². The first-order valence-corrected chi connectivity index (χ1v) is 11.1. The van der Waals surface area contributed by atoms with Gasteiger partial charge in [0.05, 0.1) is 18.9 Å². The van der Waals surface area contributed by atoms with Crippen molar-refractivity contribution in [2.45, 2.75) is 56.3 Å². The van der Waals surface area contributed by atoms with Crippen LogP contribution >= 0.6 is 0 Å². The number of phenols is 1. The van der Waals surface area contributed by atoms with Gasteiger partial charge in [0.15, 0.2) is 0 Å². The number of carbonyl (C=O) groups excluding carboxylic acids is 5. The van der Waals surface area contributed by atoms with Crippen LogP contribution in [0.5, 0.6) is 5.75 Å². The lowest BCUT2D eigenvalue weighted by atomic mass is 10.0. The van der Waals surface area contributed by atoms with E-state index >= 15 is 0 Å². The van der Waals surface area contributed by atoms with Crippen molar-refractivity contribution in [1.82, 2.24) is 15.5 Å². The maximum atomic E-state index is 13.2. The first-order chi connectivity index (χ1) is 16.9. The van der Waals surface area contributed by atoms with Crippen molar-refractivity contribution < 1.29 is 39.0 Å². The Labute approximate surface area is 206 Å². The minimum Gasteiger partial charge on any atom is -0.508 e. The summed E-state index contributed by atoms with van der Waals surface area (Å²) in [6.07, 6.45) is -0.507. The Bertz CT molecular complexity index is 1010. The summed E-state index contributed by atoms with van der Waals surface area (Å²) in [6.45, 7) is 0.116. The number of primary amides is 2. The molecule has 1 aromatic rings. The van der Waals surface area contributed by atoms with Crippen molar-refractivity contribution in [2.24, 2.45) is 17.2 Å². The summed E-state index contributed by atoms with van der Waals surface area (Å²) in [5.41, 5.74) is 16.4. The Morgan fingerprint density at radius 2 is 1.58 bits per heavy atom. The van der Waals surface area contributed by atoms with Crippen molar-refractivity contribution in [2.75, 3.05) is 6.54 Å². The molecule has 0 saturated carbocycles. The fraction of sp³-hybridized carbons (Fsp3) is 0.455. The minimum atomic E-state index is -1.45. The van der Waals surface area contributed by atoms with Gasteiger partial charge >= 0.3 is 5.97 Å². The standard InChI is InChI=1S/C22H30N6O8/c23-13(9-17(24)30)19(32)26-14(10-18(25)31)21(34)28-7-1-2-16(28)20(33)27-15(22(35)36)8-11-3-5-12(29)6-4-11/h3-6,13-16,29H,1-2,7-10,23H2,(H2,24,30)(H2,25,31)(H,26,32)(H,27,33)(H,35,36). The van der Waals surface area contributed by atoms with E-state index < -0.39 is 72.5 Å². The van der Waals surface area contributed by atoms with Crippen LogP contribution in [0.15, 0.2) is 24.3 Å². The number of benzene rings is 1. The van der Waals surface area contributed by atoms with E-state index in [0.717, 1.165) is 4.90 Å². The number of carboxylic acid groups (broad SMARTS) is 1. The largest absolute Gasteiger partial charge is 0.508 e. The number of likely N-dealkylation sites (tertiary alicyclic amines) is 1. The van der Waals surface area contributed by atoms with Crippen LogP contribution in [0.2, 0.25) is 0 Å². The quantitative estimate of drug-likeness (QED) is 0.153. The number of rotatable bonds is 12. The van der Waals surface area contributed by atoms with Gasteiger partial charge in [-0.05, 0) is 30.5 Å². The van der Waals surface area contributed by atoms with Crippen LogP contribution in [-0.2, 0) is 35.2 Å². The van der Waals surface area contributed by atoms with Gasteiger partial charge < -0.3 is 42.9 Å². The zero-order valence-electron chi connectivity index (χ0n) is 19.4. The van der Waals surface area contributed by atoms with E-state index in [1.165, 1.54) is 24.3 Å². The van der Waals surface area contributed by atoms with Gasteiger partial charge in [0.1, 0.15) is 23.9 Å². The minimum absolute atomic E-state index is 0.00274. The topological polar surface area (TPSA) is 248 Å². The third-order valence-corrected chi connectivity index (χ3v) is 5.61. The molecule has 5 amide bonds. The third kappa shape index (κ3) is 7.94. The molecule has 0 bridgehead atoms. The van der Waals surface area contributed by atoms with E-state index in [-0.39, 0.29) is 25.1 Å². The summed E-state index contributed by atoms with van der Waals surface area (Å²) in [6, 6.07) is 0.630. The van der Waals surface area contributed by atoms with Crippen LogP contribution < -0.4 is 27.8 Å².